The minimum atomic E-state index is -5.18. The molecular formula is C56H72ClF3N10O14S. The molecule has 0 saturated carbocycles. The SMILES string of the molecule is COc1cc2cc(c1Cl)N(C)C(=O)C[C@H](OC(=O)Nc1ccc(NC(=O)[C@H](CCCNC(N)=O)NC(=O)[C@@H](NC(=S)NCCCCN3C(=O)C=CC3=O)C(C)C)cc1C(F)(F)F)[C@]1(C)O[C@H]1[C@H](C)[C@@H]1C[C@@](O)(NC(=O)O1)[C@H](OC)/C=C/C=C(\C)C2. The first kappa shape index (κ1) is 66.6. The molecule has 2 aromatic carbocycles. The van der Waals surface area contributed by atoms with E-state index in [4.69, 9.17) is 53.2 Å². The molecule has 2 saturated heterocycles. The van der Waals surface area contributed by atoms with E-state index < -0.39 is 137 Å². The Morgan fingerprint density at radius 2 is 1.68 bits per heavy atom. The summed E-state index contributed by atoms with van der Waals surface area (Å²) in [6.45, 7) is 8.88. The Bertz CT molecular complexity index is 2970. The third-order valence-corrected chi connectivity index (χ3v) is 15.5. The Kier molecular flexibility index (Phi) is 22.4. The number of aliphatic hydroxyl groups is 1. The summed E-state index contributed by atoms with van der Waals surface area (Å²) in [4.78, 5) is 107. The smallest absolute Gasteiger partial charge is 0.418 e. The molecule has 29 heteroatoms. The van der Waals surface area contributed by atoms with Crippen molar-refractivity contribution >= 4 is 93.7 Å². The highest BCUT2D eigenvalue weighted by atomic mass is 35.5. The molecule has 24 nitrogen and oxygen atoms in total. The number of anilines is 3. The highest BCUT2D eigenvalue weighted by Gasteiger charge is 2.64. The number of thiocarbonyl (C=S) groups is 1. The van der Waals surface area contributed by atoms with Crippen molar-refractivity contribution in [3.63, 3.8) is 0 Å². The van der Waals surface area contributed by atoms with Gasteiger partial charge in [-0.15, -0.1) is 0 Å². The number of alkyl halides is 3. The summed E-state index contributed by atoms with van der Waals surface area (Å²) in [6, 6.07) is 2.53. The number of imide groups is 1. The first-order valence-electron chi connectivity index (χ1n) is 27.3. The fourth-order valence-corrected chi connectivity index (χ4v) is 10.6. The maximum atomic E-state index is 15.0. The van der Waals surface area contributed by atoms with Crippen molar-refractivity contribution in [3.05, 3.63) is 82.4 Å². The van der Waals surface area contributed by atoms with Crippen LogP contribution >= 0.6 is 23.8 Å². The lowest BCUT2D eigenvalue weighted by molar-refractivity contribution is -0.142. The number of primary amides is 1. The first-order valence-corrected chi connectivity index (χ1v) is 28.1. The molecule has 9 amide bonds. The number of amides is 9. The van der Waals surface area contributed by atoms with Gasteiger partial charge in [0.2, 0.25) is 17.7 Å². The lowest BCUT2D eigenvalue weighted by atomic mass is 9.83. The summed E-state index contributed by atoms with van der Waals surface area (Å²) >= 11 is 12.2. The van der Waals surface area contributed by atoms with Gasteiger partial charge in [-0.25, -0.2) is 14.4 Å². The number of alkyl carbamates (subject to hydrolysis) is 1. The second-order valence-corrected chi connectivity index (χ2v) is 22.3. The van der Waals surface area contributed by atoms with Crippen LogP contribution in [0.3, 0.4) is 0 Å². The Labute approximate surface area is 499 Å². The van der Waals surface area contributed by atoms with Gasteiger partial charge in [0, 0.05) is 64.0 Å². The van der Waals surface area contributed by atoms with Crippen molar-refractivity contribution < 1.29 is 80.3 Å². The van der Waals surface area contributed by atoms with Crippen molar-refractivity contribution in [1.82, 2.24) is 31.5 Å². The van der Waals surface area contributed by atoms with E-state index in [1.165, 1.54) is 45.2 Å². The van der Waals surface area contributed by atoms with Crippen molar-refractivity contribution in [2.75, 3.05) is 56.4 Å². The minimum absolute atomic E-state index is 0.0305. The number of ether oxygens (including phenoxy) is 5. The summed E-state index contributed by atoms with van der Waals surface area (Å²) in [5.41, 5.74) is 0.676. The third-order valence-electron chi connectivity index (χ3n) is 14.9. The zero-order valence-corrected chi connectivity index (χ0v) is 49.7. The Morgan fingerprint density at radius 3 is 2.33 bits per heavy atom. The van der Waals surface area contributed by atoms with E-state index in [0.717, 1.165) is 22.6 Å². The fourth-order valence-electron chi connectivity index (χ4n) is 10.1. The van der Waals surface area contributed by atoms with Crippen LogP contribution in [0.25, 0.3) is 0 Å². The Hall–Kier alpha value is -7.53. The monoisotopic (exact) mass is 1230 g/mol. The second-order valence-electron chi connectivity index (χ2n) is 21.5. The number of urea groups is 1. The van der Waals surface area contributed by atoms with Crippen LogP contribution < -0.4 is 52.6 Å². The maximum absolute atomic E-state index is 15.0. The van der Waals surface area contributed by atoms with Gasteiger partial charge in [-0.3, -0.25) is 39.5 Å². The van der Waals surface area contributed by atoms with Gasteiger partial charge in [0.15, 0.2) is 10.8 Å². The van der Waals surface area contributed by atoms with E-state index in [2.05, 4.69) is 37.2 Å². The van der Waals surface area contributed by atoms with Crippen LogP contribution in [0.4, 0.5) is 44.6 Å². The van der Waals surface area contributed by atoms with E-state index in [9.17, 15) is 43.5 Å². The van der Waals surface area contributed by atoms with Gasteiger partial charge in [0.25, 0.3) is 11.8 Å². The van der Waals surface area contributed by atoms with E-state index in [1.807, 2.05) is 6.92 Å². The summed E-state index contributed by atoms with van der Waals surface area (Å²) in [6.07, 6.45) is -4.48. The van der Waals surface area contributed by atoms with Gasteiger partial charge >= 0.3 is 24.4 Å². The number of unbranched alkanes of at least 4 members (excludes halogenated alkanes) is 1. The average molecular weight is 1230 g/mol. The quantitative estimate of drug-likeness (QED) is 0.0365. The van der Waals surface area contributed by atoms with Crippen LogP contribution in [0.2, 0.25) is 5.02 Å². The normalized spacial score (nSPS) is 25.0. The van der Waals surface area contributed by atoms with Crippen LogP contribution in [0.5, 0.6) is 5.75 Å². The predicted octanol–water partition coefficient (Wildman–Crippen LogP) is 5.46. The molecule has 0 radical (unpaired) electrons. The maximum Gasteiger partial charge on any atom is 0.418 e. The standard InChI is InChI=1S/C56H72ClF3N10O14S/c1-29(2)46(67-51(85)63-20-9-10-22-70-42(71)18-19-43(70)72)49(75)65-36(14-12-21-62-50(61)76)48(74)64-33-16-17-35(34(26-33)56(58,59)60)66-52(77)83-41-27-44(73)69(6)37-24-32(25-38(80-7)45(37)57)23-30(3)13-11-15-40(81-8)55(79)28-39(82-53(78)68-55)31(4)47-54(41,5)84-47/h11,13,15-19,24-26,29,31,36,39-41,46-47,79H,9-10,12,14,20-23,27-28H2,1-8H3,(H,64,74)(H,65,75)(H,66,77)(H,68,78)(H3,61,62,76)(H2,63,67,85)/b15-11+,30-13+/t31-,36+,39+,40-,41+,46+,47+,54+,55+/m1/s1. The molecule has 9 atom stereocenters. The summed E-state index contributed by atoms with van der Waals surface area (Å²) in [7, 11) is 4.17. The highest BCUT2D eigenvalue weighted by molar-refractivity contribution is 7.80. The number of carbonyl (C=O) groups excluding carboxylic acids is 8. The number of nitrogens with two attached hydrogens (primary N) is 1. The van der Waals surface area contributed by atoms with E-state index >= 15 is 13.2 Å². The first-order chi connectivity index (χ1) is 40.0. The molecule has 0 spiro atoms. The third kappa shape index (κ3) is 17.3. The van der Waals surface area contributed by atoms with E-state index in [0.29, 0.717) is 37.4 Å². The zero-order chi connectivity index (χ0) is 62.7. The van der Waals surface area contributed by atoms with Gasteiger partial charge in [-0.2, -0.15) is 13.2 Å². The topological polar surface area (TPSA) is 323 Å². The van der Waals surface area contributed by atoms with Crippen molar-refractivity contribution in [2.45, 2.75) is 134 Å². The number of rotatable bonds is 19. The number of epoxide rings is 1. The predicted molar refractivity (Wildman–Crippen MR) is 309 cm³/mol. The molecule has 2 fully saturated rings. The molecule has 4 aliphatic heterocycles. The molecule has 10 N–H and O–H groups in total. The number of fused-ring (bicyclic) bond motifs is 5. The molecule has 464 valence electrons. The number of methoxy groups -OCH3 is 2. The lowest BCUT2D eigenvalue weighted by Crippen LogP contribution is -2.63. The number of allylic oxidation sites excluding steroid dienone is 3. The molecule has 0 aliphatic carbocycles. The second kappa shape index (κ2) is 28.6. The number of nitrogens with zero attached hydrogens (tertiary/aromatic N) is 2. The molecule has 4 heterocycles. The zero-order valence-electron chi connectivity index (χ0n) is 48.1. The van der Waals surface area contributed by atoms with Crippen LogP contribution in [-0.2, 0) is 55.5 Å². The molecule has 6 rings (SSSR count). The molecule has 4 bridgehead atoms. The molecule has 0 unspecified atom stereocenters. The van der Waals surface area contributed by atoms with Gasteiger partial charge in [-0.05, 0) is 100.0 Å². The molecule has 2 aromatic rings. The molecule has 85 heavy (non-hydrogen) atoms. The van der Waals surface area contributed by atoms with Crippen LogP contribution in [0.15, 0.2) is 66.3 Å². The Morgan fingerprint density at radius 1 is 0.988 bits per heavy atom. The summed E-state index contributed by atoms with van der Waals surface area (Å²) in [5, 5.41) is 29.9. The van der Waals surface area contributed by atoms with Gasteiger partial charge in [0.05, 0.1) is 36.6 Å². The number of halogens is 4. The van der Waals surface area contributed by atoms with Crippen molar-refractivity contribution in [3.8, 4) is 5.75 Å². The largest absolute Gasteiger partial charge is 0.495 e. The van der Waals surface area contributed by atoms with Crippen molar-refractivity contribution in [2.24, 2.45) is 17.6 Å². The van der Waals surface area contributed by atoms with Gasteiger partial charge < -0.3 is 66.0 Å². The van der Waals surface area contributed by atoms with E-state index in [1.54, 1.807) is 51.1 Å². The molecule has 4 aliphatic rings. The van der Waals surface area contributed by atoms with E-state index in [-0.39, 0.29) is 53.9 Å². The number of nitrogens with one attached hydrogen (secondary N) is 7. The minimum Gasteiger partial charge on any atom is -0.495 e. The molecular weight excluding hydrogens is 1160 g/mol. The van der Waals surface area contributed by atoms with Crippen molar-refractivity contribution in [1.29, 1.82) is 0 Å². The van der Waals surface area contributed by atoms with Gasteiger partial charge in [-0.1, -0.05) is 56.2 Å². The van der Waals surface area contributed by atoms with Gasteiger partial charge in [0.1, 0.15) is 46.8 Å². The average Bonchev–Trinajstić information content (AvgIpc) is 2.44. The number of hydrogen-bond acceptors (Lipinski definition) is 15. The molecule has 0 aromatic heterocycles. The summed E-state index contributed by atoms with van der Waals surface area (Å²) in [5.74, 6) is -4.12. The Balaban J connectivity index is 1.21. The number of carbonyl (C=O) groups is 8. The number of benzene rings is 2. The summed E-state index contributed by atoms with van der Waals surface area (Å²) < 4.78 is 74.0. The highest BCUT2D eigenvalue weighted by Crippen LogP contribution is 2.49. The van der Waals surface area contributed by atoms with Crippen LogP contribution in [-0.4, -0.2) is 152 Å². The van der Waals surface area contributed by atoms with Crippen LogP contribution in [0, 0.1) is 11.8 Å². The number of hydrogen-bond donors (Lipinski definition) is 9. The van der Waals surface area contributed by atoms with Crippen LogP contribution in [0.1, 0.15) is 84.3 Å². The fraction of sp³-hybridized carbons (Fsp3) is 0.518. The lowest BCUT2D eigenvalue weighted by Gasteiger charge is -2.42.